The van der Waals surface area contributed by atoms with Crippen molar-refractivity contribution >= 4 is 39.7 Å². The third kappa shape index (κ3) is 3.24. The van der Waals surface area contributed by atoms with Crippen molar-refractivity contribution in [3.63, 3.8) is 0 Å². The highest BCUT2D eigenvalue weighted by Crippen LogP contribution is 2.26. The van der Waals surface area contributed by atoms with E-state index in [0.717, 1.165) is 18.6 Å². The van der Waals surface area contributed by atoms with E-state index in [2.05, 4.69) is 37.6 Å². The smallest absolute Gasteiger partial charge is 0.0339 e. The predicted octanol–water partition coefficient (Wildman–Crippen LogP) is 3.26. The molecule has 2 bridgehead atoms. The Hall–Kier alpha value is 0.390. The zero-order valence-corrected chi connectivity index (χ0v) is 12.9. The van der Waals surface area contributed by atoms with Gasteiger partial charge in [0.2, 0.25) is 0 Å². The average Bonchev–Trinajstić information content (AvgIpc) is 2.78. The molecule has 2 fully saturated rings. The largest absolute Gasteiger partial charge is 0.310 e. The Bertz CT molecular complexity index is 371. The number of fused-ring (bicyclic) bond motifs is 2. The van der Waals surface area contributed by atoms with E-state index in [-0.39, 0.29) is 12.4 Å². The summed E-state index contributed by atoms with van der Waals surface area (Å²) in [6.45, 7) is 3.59. The molecule has 0 radical (unpaired) electrons. The van der Waals surface area contributed by atoms with E-state index in [1.165, 1.54) is 41.7 Å². The summed E-state index contributed by atoms with van der Waals surface area (Å²) in [5, 5.41) is 5.90. The molecule has 2 nitrogen and oxygen atoms in total. The lowest BCUT2D eigenvalue weighted by Crippen LogP contribution is -2.34. The van der Waals surface area contributed by atoms with Crippen LogP contribution in [0.25, 0.3) is 0 Å². The van der Waals surface area contributed by atoms with Gasteiger partial charge >= 0.3 is 0 Å². The minimum Gasteiger partial charge on any atom is -0.310 e. The lowest BCUT2D eigenvalue weighted by atomic mass is 10.1. The summed E-state index contributed by atoms with van der Waals surface area (Å²) in [5.74, 6) is 0. The molecule has 1 aromatic heterocycles. The Morgan fingerprint density at radius 1 is 1.35 bits per heavy atom. The molecule has 2 saturated heterocycles. The molecule has 0 spiro atoms. The third-order valence-electron chi connectivity index (χ3n) is 3.67. The van der Waals surface area contributed by atoms with Gasteiger partial charge in [0.25, 0.3) is 0 Å². The fourth-order valence-corrected chi connectivity index (χ4v) is 4.32. The monoisotopic (exact) mass is 336 g/mol. The van der Waals surface area contributed by atoms with Gasteiger partial charge in [0.05, 0.1) is 0 Å². The summed E-state index contributed by atoms with van der Waals surface area (Å²) in [6, 6.07) is 3.69. The highest BCUT2D eigenvalue weighted by Gasteiger charge is 2.29. The number of nitrogens with one attached hydrogen (secondary N) is 1. The van der Waals surface area contributed by atoms with Gasteiger partial charge in [-0.05, 0) is 46.6 Å². The van der Waals surface area contributed by atoms with Crippen molar-refractivity contribution in [2.45, 2.75) is 37.9 Å². The second-order valence-corrected chi connectivity index (χ2v) is 6.71. The molecular formula is C12H18BrClN2S. The van der Waals surface area contributed by atoms with E-state index in [0.29, 0.717) is 0 Å². The fourth-order valence-electron chi connectivity index (χ4n) is 2.80. The van der Waals surface area contributed by atoms with E-state index >= 15 is 0 Å². The number of nitrogens with zero attached hydrogens (tertiary/aromatic N) is 1. The summed E-state index contributed by atoms with van der Waals surface area (Å²) >= 11 is 5.48. The van der Waals surface area contributed by atoms with Crippen molar-refractivity contribution in [1.82, 2.24) is 10.2 Å². The minimum absolute atomic E-state index is 0. The van der Waals surface area contributed by atoms with Crippen molar-refractivity contribution in [2.24, 2.45) is 0 Å². The molecule has 0 saturated carbocycles. The lowest BCUT2D eigenvalue weighted by Gasteiger charge is -2.23. The summed E-state index contributed by atoms with van der Waals surface area (Å²) in [6.07, 6.45) is 4.08. The molecule has 2 atom stereocenters. The molecule has 0 aromatic carbocycles. The number of hydrogen-bond donors (Lipinski definition) is 1. The molecule has 2 unspecified atom stereocenters. The van der Waals surface area contributed by atoms with Gasteiger partial charge in [-0.3, -0.25) is 4.90 Å². The summed E-state index contributed by atoms with van der Waals surface area (Å²) in [5.41, 5.74) is 0. The van der Waals surface area contributed by atoms with Crippen molar-refractivity contribution in [2.75, 3.05) is 13.1 Å². The van der Waals surface area contributed by atoms with Crippen LogP contribution in [-0.4, -0.2) is 30.1 Å². The van der Waals surface area contributed by atoms with Crippen LogP contribution in [0.4, 0.5) is 0 Å². The first kappa shape index (κ1) is 13.8. The number of likely N-dealkylation sites (tertiary alicyclic amines) is 1. The molecule has 2 aliphatic heterocycles. The van der Waals surface area contributed by atoms with Gasteiger partial charge in [-0.15, -0.1) is 23.7 Å². The van der Waals surface area contributed by atoms with Gasteiger partial charge in [-0.2, -0.15) is 0 Å². The molecule has 3 rings (SSSR count). The van der Waals surface area contributed by atoms with Crippen molar-refractivity contribution in [3.8, 4) is 0 Å². The van der Waals surface area contributed by atoms with Crippen molar-refractivity contribution in [3.05, 3.63) is 20.8 Å². The van der Waals surface area contributed by atoms with Crippen LogP contribution in [0.2, 0.25) is 0 Å². The highest BCUT2D eigenvalue weighted by atomic mass is 79.9. The van der Waals surface area contributed by atoms with E-state index in [1.54, 1.807) is 0 Å². The zero-order valence-electron chi connectivity index (χ0n) is 9.69. The molecule has 1 aromatic rings. The Balaban J connectivity index is 0.00000108. The Kier molecular flexibility index (Phi) is 4.89. The van der Waals surface area contributed by atoms with Gasteiger partial charge in [0.15, 0.2) is 0 Å². The van der Waals surface area contributed by atoms with Gasteiger partial charge in [-0.1, -0.05) is 0 Å². The number of halogens is 2. The molecule has 0 amide bonds. The number of rotatable bonds is 2. The van der Waals surface area contributed by atoms with Crippen LogP contribution in [0, 0.1) is 0 Å². The maximum absolute atomic E-state index is 3.73. The first-order valence-corrected chi connectivity index (χ1v) is 7.69. The van der Waals surface area contributed by atoms with Crippen LogP contribution in [0.15, 0.2) is 15.9 Å². The Labute approximate surface area is 121 Å². The number of thiophene rings is 1. The second kappa shape index (κ2) is 6.02. The van der Waals surface area contributed by atoms with Gasteiger partial charge in [0.1, 0.15) is 0 Å². The number of hydrogen-bond acceptors (Lipinski definition) is 3. The summed E-state index contributed by atoms with van der Waals surface area (Å²) in [4.78, 5) is 4.07. The van der Waals surface area contributed by atoms with Gasteiger partial charge < -0.3 is 5.32 Å². The second-order valence-electron chi connectivity index (χ2n) is 4.85. The minimum atomic E-state index is 0. The molecule has 96 valence electrons. The quantitative estimate of drug-likeness (QED) is 0.891. The fraction of sp³-hybridized carbons (Fsp3) is 0.667. The van der Waals surface area contributed by atoms with Gasteiger partial charge in [0, 0.05) is 41.1 Å². The Morgan fingerprint density at radius 2 is 2.18 bits per heavy atom. The van der Waals surface area contributed by atoms with Crippen LogP contribution in [0.1, 0.15) is 24.1 Å². The first-order chi connectivity index (χ1) is 7.81. The molecule has 17 heavy (non-hydrogen) atoms. The van der Waals surface area contributed by atoms with Crippen LogP contribution >= 0.6 is 39.7 Å². The molecule has 0 aliphatic carbocycles. The SMILES string of the molecule is Brc1ccsc1CN1CCC2CCC(C1)N2.Cl. The van der Waals surface area contributed by atoms with Crippen LogP contribution in [0.5, 0.6) is 0 Å². The summed E-state index contributed by atoms with van der Waals surface area (Å²) < 4.78 is 1.28. The average molecular weight is 338 g/mol. The lowest BCUT2D eigenvalue weighted by molar-refractivity contribution is 0.252. The van der Waals surface area contributed by atoms with Crippen molar-refractivity contribution < 1.29 is 0 Å². The maximum Gasteiger partial charge on any atom is 0.0339 e. The van der Waals surface area contributed by atoms with E-state index in [9.17, 15) is 0 Å². The van der Waals surface area contributed by atoms with E-state index in [4.69, 9.17) is 0 Å². The summed E-state index contributed by atoms with van der Waals surface area (Å²) in [7, 11) is 0. The predicted molar refractivity (Wildman–Crippen MR) is 79.1 cm³/mol. The van der Waals surface area contributed by atoms with Crippen LogP contribution in [0.3, 0.4) is 0 Å². The van der Waals surface area contributed by atoms with E-state index in [1.807, 2.05) is 11.3 Å². The topological polar surface area (TPSA) is 15.3 Å². The highest BCUT2D eigenvalue weighted by molar-refractivity contribution is 9.10. The molecule has 1 N–H and O–H groups in total. The van der Waals surface area contributed by atoms with Crippen LogP contribution < -0.4 is 5.32 Å². The van der Waals surface area contributed by atoms with Crippen molar-refractivity contribution in [1.29, 1.82) is 0 Å². The maximum atomic E-state index is 3.73. The van der Waals surface area contributed by atoms with Crippen LogP contribution in [-0.2, 0) is 6.54 Å². The normalized spacial score (nSPS) is 28.8. The molecule has 2 aliphatic rings. The molecule has 5 heteroatoms. The van der Waals surface area contributed by atoms with E-state index < -0.39 is 0 Å². The Morgan fingerprint density at radius 3 is 2.94 bits per heavy atom. The van der Waals surface area contributed by atoms with Gasteiger partial charge in [-0.25, -0.2) is 0 Å². The first-order valence-electron chi connectivity index (χ1n) is 6.01. The third-order valence-corrected chi connectivity index (χ3v) is 5.58. The standard InChI is InChI=1S/C12H17BrN2S.ClH/c13-11-4-6-16-12(11)8-15-5-3-9-1-2-10(7-15)14-9;/h4,6,9-10,14H,1-3,5,7-8H2;1H. The molecule has 3 heterocycles. The molecular weight excluding hydrogens is 320 g/mol. The zero-order chi connectivity index (χ0) is 11.0.